The molecule has 0 aliphatic carbocycles. The Bertz CT molecular complexity index is 1040. The van der Waals surface area contributed by atoms with Crippen LogP contribution in [0.5, 0.6) is 0 Å². The number of anilines is 1. The molecule has 0 spiro atoms. The van der Waals surface area contributed by atoms with E-state index in [1.165, 1.54) is 5.56 Å². The van der Waals surface area contributed by atoms with Gasteiger partial charge in [0.25, 0.3) is 0 Å². The van der Waals surface area contributed by atoms with E-state index in [0.717, 1.165) is 23.2 Å². The van der Waals surface area contributed by atoms with Crippen LogP contribution in [0, 0.1) is 6.92 Å². The molecule has 0 aliphatic rings. The van der Waals surface area contributed by atoms with E-state index in [2.05, 4.69) is 39.8 Å². The minimum Gasteiger partial charge on any atom is -0.360 e. The van der Waals surface area contributed by atoms with Crippen molar-refractivity contribution in [3.05, 3.63) is 65.3 Å². The van der Waals surface area contributed by atoms with Crippen LogP contribution in [0.25, 0.3) is 11.1 Å². The van der Waals surface area contributed by atoms with Crippen molar-refractivity contribution in [2.45, 2.75) is 40.2 Å². The summed E-state index contributed by atoms with van der Waals surface area (Å²) in [6, 6.07) is 11.8. The van der Waals surface area contributed by atoms with Crippen molar-refractivity contribution in [3.8, 4) is 11.1 Å². The number of nitrogens with one attached hydrogen (secondary N) is 2. The van der Waals surface area contributed by atoms with E-state index < -0.39 is 0 Å². The highest BCUT2D eigenvalue weighted by Crippen LogP contribution is 2.26. The highest BCUT2D eigenvalue weighted by molar-refractivity contribution is 6.04. The van der Waals surface area contributed by atoms with Gasteiger partial charge in [-0.2, -0.15) is 0 Å². The molecule has 2 aromatic heterocycles. The lowest BCUT2D eigenvalue weighted by Crippen LogP contribution is -2.28. The number of hydrogen-bond acceptors (Lipinski definition) is 6. The molecule has 0 bridgehead atoms. The number of carbonyl (C=O) groups excluding carboxylic acids is 2. The summed E-state index contributed by atoms with van der Waals surface area (Å²) in [4.78, 5) is 29.1. The summed E-state index contributed by atoms with van der Waals surface area (Å²) in [6.45, 7) is 6.16. The molecule has 0 unspecified atom stereocenters. The summed E-state index contributed by atoms with van der Waals surface area (Å²) in [7, 11) is 0. The van der Waals surface area contributed by atoms with Crippen molar-refractivity contribution in [1.82, 2.24) is 15.5 Å². The maximum Gasteiger partial charge on any atom is 0.238 e. The van der Waals surface area contributed by atoms with Crippen LogP contribution < -0.4 is 10.6 Å². The van der Waals surface area contributed by atoms with Crippen LogP contribution in [0.1, 0.15) is 47.8 Å². The van der Waals surface area contributed by atoms with Crippen LogP contribution in [0.3, 0.4) is 0 Å². The molecule has 0 radical (unpaired) electrons. The smallest absolute Gasteiger partial charge is 0.238 e. The monoisotopic (exact) mass is 406 g/mol. The summed E-state index contributed by atoms with van der Waals surface area (Å²) < 4.78 is 5.11. The van der Waals surface area contributed by atoms with Gasteiger partial charge in [0.1, 0.15) is 5.69 Å². The van der Waals surface area contributed by atoms with Crippen LogP contribution in [0.15, 0.2) is 47.1 Å². The highest BCUT2D eigenvalue weighted by Gasteiger charge is 2.15. The highest BCUT2D eigenvalue weighted by atomic mass is 16.5. The topological polar surface area (TPSA) is 97.1 Å². The average molecular weight is 406 g/mol. The number of carbonyl (C=O) groups is 2. The van der Waals surface area contributed by atoms with Crippen LogP contribution in [-0.2, 0) is 17.8 Å². The van der Waals surface area contributed by atoms with Crippen molar-refractivity contribution in [3.63, 3.8) is 0 Å². The number of pyridine rings is 1. The first kappa shape index (κ1) is 21.4. The Hall–Kier alpha value is -3.32. The molecule has 7 nitrogen and oxygen atoms in total. The van der Waals surface area contributed by atoms with Crippen molar-refractivity contribution in [2.24, 2.45) is 0 Å². The van der Waals surface area contributed by atoms with Crippen molar-refractivity contribution in [1.29, 1.82) is 0 Å². The number of nitrogens with zero attached hydrogens (tertiary/aromatic N) is 2. The van der Waals surface area contributed by atoms with E-state index >= 15 is 0 Å². The molecule has 1 amide bonds. The number of ketones is 1. The minimum atomic E-state index is -0.266. The van der Waals surface area contributed by atoms with Crippen molar-refractivity contribution >= 4 is 17.4 Å². The standard InChI is InChI=1S/C23H26N4O3/c1-4-16-7-6-8-17(10-16)18-11-20(23(25-12-18)21(28)5-2)26-22(29)14-24-13-19-9-15(3)27-30-19/h6-12,24H,4-5,13-14H2,1-3H3,(H,26,29). The first-order valence-corrected chi connectivity index (χ1v) is 10.1. The van der Waals surface area contributed by atoms with Gasteiger partial charge in [-0.25, -0.2) is 0 Å². The van der Waals surface area contributed by atoms with Gasteiger partial charge in [-0.3, -0.25) is 14.6 Å². The third-order valence-corrected chi connectivity index (χ3v) is 4.68. The Kier molecular flexibility index (Phi) is 7.08. The summed E-state index contributed by atoms with van der Waals surface area (Å²) in [5.41, 5.74) is 4.52. The molecular formula is C23H26N4O3. The summed E-state index contributed by atoms with van der Waals surface area (Å²) in [5, 5.41) is 9.64. The zero-order chi connectivity index (χ0) is 21.5. The van der Waals surface area contributed by atoms with E-state index in [0.29, 0.717) is 24.4 Å². The van der Waals surface area contributed by atoms with Crippen LogP contribution in [-0.4, -0.2) is 28.4 Å². The molecule has 0 saturated carbocycles. The van der Waals surface area contributed by atoms with E-state index in [1.807, 2.05) is 25.1 Å². The van der Waals surface area contributed by atoms with Gasteiger partial charge in [-0.1, -0.05) is 43.3 Å². The fourth-order valence-electron chi connectivity index (χ4n) is 3.07. The molecule has 0 atom stereocenters. The Morgan fingerprint density at radius 1 is 1.10 bits per heavy atom. The van der Waals surface area contributed by atoms with Gasteiger partial charge >= 0.3 is 0 Å². The number of Topliss-reactive ketones (excluding diaryl/α,β-unsaturated/α-hetero) is 1. The molecule has 0 fully saturated rings. The zero-order valence-corrected chi connectivity index (χ0v) is 17.5. The molecule has 30 heavy (non-hydrogen) atoms. The van der Waals surface area contributed by atoms with Crippen molar-refractivity contribution in [2.75, 3.05) is 11.9 Å². The molecule has 3 rings (SSSR count). The summed E-state index contributed by atoms with van der Waals surface area (Å²) >= 11 is 0. The molecule has 7 heteroatoms. The number of benzene rings is 1. The summed E-state index contributed by atoms with van der Waals surface area (Å²) in [5.74, 6) is 0.267. The molecule has 0 aliphatic heterocycles. The Morgan fingerprint density at radius 3 is 2.63 bits per heavy atom. The first-order valence-electron chi connectivity index (χ1n) is 10.1. The van der Waals surface area contributed by atoms with Gasteiger partial charge < -0.3 is 15.2 Å². The molecule has 2 N–H and O–H groups in total. The summed E-state index contributed by atoms with van der Waals surface area (Å²) in [6.07, 6.45) is 2.91. The minimum absolute atomic E-state index is 0.0645. The maximum atomic E-state index is 12.5. The third kappa shape index (κ3) is 5.39. The molecule has 0 saturated heterocycles. The second-order valence-electron chi connectivity index (χ2n) is 7.04. The average Bonchev–Trinajstić information content (AvgIpc) is 3.18. The number of hydrogen-bond donors (Lipinski definition) is 2. The first-order chi connectivity index (χ1) is 14.5. The molecule has 3 aromatic rings. The molecule has 1 aromatic carbocycles. The maximum absolute atomic E-state index is 12.5. The lowest BCUT2D eigenvalue weighted by Gasteiger charge is -2.12. The van der Waals surface area contributed by atoms with E-state index in [-0.39, 0.29) is 23.9 Å². The second-order valence-corrected chi connectivity index (χ2v) is 7.04. The SMILES string of the molecule is CCC(=O)c1ncc(-c2cccc(CC)c2)cc1NC(=O)CNCc1cc(C)no1. The van der Waals surface area contributed by atoms with Gasteiger partial charge in [0.2, 0.25) is 5.91 Å². The van der Waals surface area contributed by atoms with E-state index in [1.54, 1.807) is 19.2 Å². The van der Waals surface area contributed by atoms with Gasteiger partial charge in [-0.05, 0) is 30.5 Å². The number of amides is 1. The predicted molar refractivity (Wildman–Crippen MR) is 115 cm³/mol. The van der Waals surface area contributed by atoms with Gasteiger partial charge in [0, 0.05) is 24.2 Å². The Morgan fingerprint density at radius 2 is 1.93 bits per heavy atom. The second kappa shape index (κ2) is 9.93. The van der Waals surface area contributed by atoms with Crippen molar-refractivity contribution < 1.29 is 14.1 Å². The predicted octanol–water partition coefficient (Wildman–Crippen LogP) is 3.93. The molecule has 2 heterocycles. The third-order valence-electron chi connectivity index (χ3n) is 4.68. The fraction of sp³-hybridized carbons (Fsp3) is 0.304. The van der Waals surface area contributed by atoms with E-state index in [9.17, 15) is 9.59 Å². The number of aryl methyl sites for hydroxylation is 2. The van der Waals surface area contributed by atoms with Crippen LogP contribution >= 0.6 is 0 Å². The van der Waals surface area contributed by atoms with E-state index in [4.69, 9.17) is 4.52 Å². The molecular weight excluding hydrogens is 380 g/mol. The Balaban J connectivity index is 1.76. The lowest BCUT2D eigenvalue weighted by atomic mass is 10.0. The Labute approximate surface area is 175 Å². The van der Waals surface area contributed by atoms with Gasteiger partial charge in [0.05, 0.1) is 24.5 Å². The lowest BCUT2D eigenvalue weighted by molar-refractivity contribution is -0.115. The van der Waals surface area contributed by atoms with Crippen LogP contribution in [0.2, 0.25) is 0 Å². The van der Waals surface area contributed by atoms with Gasteiger partial charge in [-0.15, -0.1) is 0 Å². The van der Waals surface area contributed by atoms with Crippen LogP contribution in [0.4, 0.5) is 5.69 Å². The molecule has 156 valence electrons. The normalized spacial score (nSPS) is 10.8. The fourth-order valence-corrected chi connectivity index (χ4v) is 3.07. The zero-order valence-electron chi connectivity index (χ0n) is 17.5. The quantitative estimate of drug-likeness (QED) is 0.523. The number of aromatic nitrogens is 2. The van der Waals surface area contributed by atoms with Gasteiger partial charge in [0.15, 0.2) is 11.5 Å². The largest absolute Gasteiger partial charge is 0.360 e. The number of rotatable bonds is 9.